The van der Waals surface area contributed by atoms with Gasteiger partial charge in [-0.05, 0) is 29.6 Å². The molecular formula is C19H23N5O5S2. The van der Waals surface area contributed by atoms with Crippen LogP contribution in [-0.2, 0) is 37.2 Å². The van der Waals surface area contributed by atoms with Crippen LogP contribution in [0.4, 0.5) is 0 Å². The summed E-state index contributed by atoms with van der Waals surface area (Å²) in [4.78, 5) is 38.6. The molecule has 166 valence electrons. The number of Topliss-reactive ketones (excluding diaryl/α,β-unsaturated/α-hetero) is 1. The van der Waals surface area contributed by atoms with Gasteiger partial charge >= 0.3 is 0 Å². The Kier molecular flexibility index (Phi) is 7.13. The Labute approximate surface area is 184 Å². The van der Waals surface area contributed by atoms with Crippen LogP contribution in [0.15, 0.2) is 35.2 Å². The highest BCUT2D eigenvalue weighted by Gasteiger charge is 2.34. The van der Waals surface area contributed by atoms with E-state index in [4.69, 9.17) is 0 Å². The number of sulfonamides is 1. The quantitative estimate of drug-likeness (QED) is 0.501. The number of amides is 2. The summed E-state index contributed by atoms with van der Waals surface area (Å²) in [6.45, 7) is 3.61. The number of benzene rings is 1. The molecule has 0 radical (unpaired) electrons. The fourth-order valence-corrected chi connectivity index (χ4v) is 5.12. The zero-order chi connectivity index (χ0) is 22.6. The summed E-state index contributed by atoms with van der Waals surface area (Å²) >= 11 is 1.17. The lowest BCUT2D eigenvalue weighted by molar-refractivity contribution is -0.140. The normalized spacial score (nSPS) is 18.4. The first-order valence-electron chi connectivity index (χ1n) is 9.69. The van der Waals surface area contributed by atoms with Gasteiger partial charge in [-0.1, -0.05) is 36.5 Å². The lowest BCUT2D eigenvalue weighted by atomic mass is 10.0. The Morgan fingerprint density at radius 2 is 1.94 bits per heavy atom. The van der Waals surface area contributed by atoms with Crippen molar-refractivity contribution in [3.63, 3.8) is 0 Å². The topological polar surface area (TPSA) is 147 Å². The summed E-state index contributed by atoms with van der Waals surface area (Å²) in [7, 11) is -3.97. The molecule has 3 rings (SSSR count). The highest BCUT2D eigenvalue weighted by Crippen LogP contribution is 2.16. The van der Waals surface area contributed by atoms with Crippen molar-refractivity contribution in [2.75, 3.05) is 6.54 Å². The van der Waals surface area contributed by atoms with Crippen LogP contribution in [0.2, 0.25) is 0 Å². The maximum Gasteiger partial charge on any atom is 0.289 e. The van der Waals surface area contributed by atoms with E-state index in [-0.39, 0.29) is 17.9 Å². The van der Waals surface area contributed by atoms with Gasteiger partial charge in [-0.2, -0.15) is 4.72 Å². The van der Waals surface area contributed by atoms with Gasteiger partial charge in [0.2, 0.25) is 21.7 Å². The van der Waals surface area contributed by atoms with Crippen molar-refractivity contribution >= 4 is 39.2 Å². The first kappa shape index (κ1) is 23.0. The summed E-state index contributed by atoms with van der Waals surface area (Å²) in [5, 5.41) is 9.07. The van der Waals surface area contributed by atoms with Crippen molar-refractivity contribution < 1.29 is 22.8 Å². The molecule has 2 amide bonds. The molecule has 1 aliphatic rings. The largest absolute Gasteiger partial charge is 0.349 e. The lowest BCUT2D eigenvalue weighted by Gasteiger charge is -2.24. The number of fused-ring (bicyclic) bond motifs is 1. The van der Waals surface area contributed by atoms with E-state index in [1.165, 1.54) is 23.7 Å². The molecule has 0 saturated heterocycles. The van der Waals surface area contributed by atoms with Crippen molar-refractivity contribution in [2.24, 2.45) is 5.92 Å². The van der Waals surface area contributed by atoms with E-state index in [0.717, 1.165) is 4.88 Å². The minimum absolute atomic E-state index is 0.0000766. The Balaban J connectivity index is 1.82. The van der Waals surface area contributed by atoms with Crippen molar-refractivity contribution in [1.82, 2.24) is 24.9 Å². The standard InChI is InChI=1S/C19H23N5O5S2/c1-11(2)16(23-31(28,29)12-6-4-3-5-7-12)18(26)21-14-10-13-15(30-24-22-13)8-9-20-19(27)17(14)25/h3-7,11,14,16,23H,8-10H2,1-2H3,(H,20,27)(H,21,26). The molecule has 2 atom stereocenters. The third kappa shape index (κ3) is 5.51. The maximum atomic E-state index is 13.0. The smallest absolute Gasteiger partial charge is 0.289 e. The minimum atomic E-state index is -3.97. The Hall–Kier alpha value is -2.70. The summed E-state index contributed by atoms with van der Waals surface area (Å²) in [5.41, 5.74) is 0.533. The van der Waals surface area contributed by atoms with Gasteiger partial charge < -0.3 is 10.6 Å². The van der Waals surface area contributed by atoms with Crippen LogP contribution in [0.5, 0.6) is 0 Å². The Bertz CT molecular complexity index is 1070. The molecule has 0 bridgehead atoms. The summed E-state index contributed by atoms with van der Waals surface area (Å²) in [6.07, 6.45) is 0.484. The second-order valence-corrected chi connectivity index (χ2v) is 9.99. The molecule has 0 aliphatic carbocycles. The summed E-state index contributed by atoms with van der Waals surface area (Å²) in [5.74, 6) is -2.75. The van der Waals surface area contributed by atoms with Crippen molar-refractivity contribution in [1.29, 1.82) is 0 Å². The third-order valence-corrected chi connectivity index (χ3v) is 7.09. The number of carbonyl (C=O) groups excluding carboxylic acids is 3. The van der Waals surface area contributed by atoms with Crippen LogP contribution < -0.4 is 15.4 Å². The highest BCUT2D eigenvalue weighted by atomic mass is 32.2. The molecule has 0 saturated carbocycles. The molecule has 1 aromatic heterocycles. The van der Waals surface area contributed by atoms with Gasteiger partial charge in [0.15, 0.2) is 0 Å². The van der Waals surface area contributed by atoms with Crippen LogP contribution in [0.25, 0.3) is 0 Å². The van der Waals surface area contributed by atoms with Crippen LogP contribution in [0.1, 0.15) is 24.4 Å². The predicted molar refractivity (Wildman–Crippen MR) is 113 cm³/mol. The lowest BCUT2D eigenvalue weighted by Crippen LogP contribution is -2.55. The molecule has 31 heavy (non-hydrogen) atoms. The second kappa shape index (κ2) is 9.62. The van der Waals surface area contributed by atoms with Crippen LogP contribution in [-0.4, -0.2) is 54.2 Å². The average Bonchev–Trinajstić information content (AvgIpc) is 3.18. The molecule has 0 spiro atoms. The molecule has 1 aromatic carbocycles. The van der Waals surface area contributed by atoms with E-state index in [0.29, 0.717) is 12.1 Å². The molecule has 0 fully saturated rings. The first-order chi connectivity index (χ1) is 14.7. The van der Waals surface area contributed by atoms with Gasteiger partial charge in [0.05, 0.1) is 15.5 Å². The Morgan fingerprint density at radius 3 is 2.61 bits per heavy atom. The van der Waals surface area contributed by atoms with E-state index >= 15 is 0 Å². The van der Waals surface area contributed by atoms with E-state index in [1.54, 1.807) is 32.0 Å². The van der Waals surface area contributed by atoms with E-state index in [2.05, 4.69) is 24.9 Å². The number of nitrogens with zero attached hydrogens (tertiary/aromatic N) is 2. The Morgan fingerprint density at radius 1 is 1.23 bits per heavy atom. The molecular weight excluding hydrogens is 442 g/mol. The van der Waals surface area contributed by atoms with E-state index in [9.17, 15) is 22.8 Å². The van der Waals surface area contributed by atoms with E-state index < -0.39 is 45.6 Å². The van der Waals surface area contributed by atoms with Crippen LogP contribution in [0, 0.1) is 5.92 Å². The molecule has 12 heteroatoms. The van der Waals surface area contributed by atoms with Gasteiger partial charge in [0, 0.05) is 19.4 Å². The first-order valence-corrected chi connectivity index (χ1v) is 11.9. The number of rotatable bonds is 6. The molecule has 3 N–H and O–H groups in total. The number of hydrogen-bond donors (Lipinski definition) is 3. The summed E-state index contributed by atoms with van der Waals surface area (Å²) in [6, 6.07) is 5.33. The number of carbonyl (C=O) groups is 3. The number of nitrogens with one attached hydrogen (secondary N) is 3. The number of hydrogen-bond acceptors (Lipinski definition) is 8. The fraction of sp³-hybridized carbons (Fsp3) is 0.421. The third-order valence-electron chi connectivity index (χ3n) is 4.81. The summed E-state index contributed by atoms with van der Waals surface area (Å²) < 4.78 is 31.7. The zero-order valence-corrected chi connectivity index (χ0v) is 18.6. The SMILES string of the molecule is CC(C)C(NS(=O)(=O)c1ccccc1)C(=O)NC1Cc2nnsc2CCNC(=O)C1=O. The molecule has 2 unspecified atom stereocenters. The van der Waals surface area contributed by atoms with E-state index in [1.807, 2.05) is 0 Å². The highest BCUT2D eigenvalue weighted by molar-refractivity contribution is 7.89. The van der Waals surface area contributed by atoms with Crippen molar-refractivity contribution in [3.05, 3.63) is 40.9 Å². The van der Waals surface area contributed by atoms with Crippen LogP contribution in [0.3, 0.4) is 0 Å². The monoisotopic (exact) mass is 465 g/mol. The molecule has 10 nitrogen and oxygen atoms in total. The average molecular weight is 466 g/mol. The maximum absolute atomic E-state index is 13.0. The van der Waals surface area contributed by atoms with Gasteiger partial charge in [-0.3, -0.25) is 14.4 Å². The van der Waals surface area contributed by atoms with Gasteiger partial charge in [0.1, 0.15) is 12.1 Å². The fourth-order valence-electron chi connectivity index (χ4n) is 3.10. The number of aromatic nitrogens is 2. The second-order valence-electron chi connectivity index (χ2n) is 7.43. The van der Waals surface area contributed by atoms with Gasteiger partial charge in [-0.25, -0.2) is 8.42 Å². The van der Waals surface area contributed by atoms with Crippen molar-refractivity contribution in [2.45, 2.75) is 43.7 Å². The molecule has 2 heterocycles. The zero-order valence-electron chi connectivity index (χ0n) is 17.0. The van der Waals surface area contributed by atoms with Crippen molar-refractivity contribution in [3.8, 4) is 0 Å². The van der Waals surface area contributed by atoms with Gasteiger partial charge in [0.25, 0.3) is 5.91 Å². The number of ketones is 1. The minimum Gasteiger partial charge on any atom is -0.349 e. The predicted octanol–water partition coefficient (Wildman–Crippen LogP) is -0.190. The van der Waals surface area contributed by atoms with Gasteiger partial charge in [-0.15, -0.1) is 5.10 Å². The van der Waals surface area contributed by atoms with Crippen LogP contribution >= 0.6 is 11.5 Å². The molecule has 2 aromatic rings. The molecule has 1 aliphatic heterocycles.